The predicted molar refractivity (Wildman–Crippen MR) is 161 cm³/mol. The van der Waals surface area contributed by atoms with E-state index in [2.05, 4.69) is 4.72 Å². The van der Waals surface area contributed by atoms with E-state index < -0.39 is 27.6 Å². The van der Waals surface area contributed by atoms with Crippen LogP contribution in [0.1, 0.15) is 42.5 Å². The molecule has 4 rings (SSSR count). The number of nitrogens with one attached hydrogen (secondary N) is 1. The second-order valence-electron chi connectivity index (χ2n) is 10.9. The molecule has 9 nitrogen and oxygen atoms in total. The van der Waals surface area contributed by atoms with Crippen molar-refractivity contribution < 1.29 is 32.2 Å². The molecule has 224 valence electrons. The first kappa shape index (κ1) is 31.1. The molecule has 0 aromatic heterocycles. The highest BCUT2D eigenvalue weighted by molar-refractivity contribution is 7.89. The maximum Gasteiger partial charge on any atom is 0.342 e. The minimum atomic E-state index is -4.05. The van der Waals surface area contributed by atoms with Crippen LogP contribution < -0.4 is 18.9 Å². The van der Waals surface area contributed by atoms with Crippen LogP contribution in [0.25, 0.3) is 0 Å². The molecule has 0 radical (unpaired) electrons. The van der Waals surface area contributed by atoms with Gasteiger partial charge in [-0.3, -0.25) is 0 Å². The number of benzene rings is 3. The summed E-state index contributed by atoms with van der Waals surface area (Å²) in [6.45, 7) is 7.53. The summed E-state index contributed by atoms with van der Waals surface area (Å²) in [5, 5.41) is 0. The van der Waals surface area contributed by atoms with Crippen LogP contribution in [0.4, 0.5) is 0 Å². The third-order valence-corrected chi connectivity index (χ3v) is 8.90. The van der Waals surface area contributed by atoms with Crippen molar-refractivity contribution in [2.45, 2.75) is 57.0 Å². The molecule has 1 heterocycles. The molecule has 2 atom stereocenters. The third kappa shape index (κ3) is 6.29. The molecule has 2 unspecified atom stereocenters. The van der Waals surface area contributed by atoms with Gasteiger partial charge in [-0.15, -0.1) is 0 Å². The minimum Gasteiger partial charge on any atom is -0.493 e. The summed E-state index contributed by atoms with van der Waals surface area (Å²) in [5.41, 5.74) is 1.05. The molecule has 3 aromatic rings. The summed E-state index contributed by atoms with van der Waals surface area (Å²) < 4.78 is 52.9. The topological polar surface area (TPSA) is 113 Å². The van der Waals surface area contributed by atoms with Crippen molar-refractivity contribution in [1.29, 1.82) is 0 Å². The zero-order chi connectivity index (χ0) is 30.7. The van der Waals surface area contributed by atoms with Gasteiger partial charge in [-0.1, -0.05) is 56.3 Å². The van der Waals surface area contributed by atoms with E-state index in [-0.39, 0.29) is 23.1 Å². The van der Waals surface area contributed by atoms with E-state index in [0.29, 0.717) is 34.8 Å². The average molecular weight is 595 g/mol. The second kappa shape index (κ2) is 12.5. The van der Waals surface area contributed by atoms with Crippen LogP contribution in [0, 0.1) is 19.8 Å². The number of nitrogens with zero attached hydrogens (tertiary/aromatic N) is 1. The fraction of sp³-hybridized carbons (Fsp3) is 0.375. The SMILES string of the molecule is COc1cc(C2=NC(Cc3ccccc3)(C(CC(C)C)NS(=O)(=O)c3cc(C)ccc3C)C(=O)O2)cc(OC)c1OC. The normalized spacial score (nSPS) is 17.5. The minimum absolute atomic E-state index is 0.0252. The molecule has 1 aliphatic heterocycles. The molecule has 0 bridgehead atoms. The van der Waals surface area contributed by atoms with E-state index in [1.165, 1.54) is 21.3 Å². The highest BCUT2D eigenvalue weighted by Gasteiger charge is 2.53. The van der Waals surface area contributed by atoms with Crippen LogP contribution in [0.15, 0.2) is 70.6 Å². The van der Waals surface area contributed by atoms with Crippen molar-refractivity contribution in [3.63, 3.8) is 0 Å². The molecule has 0 spiro atoms. The van der Waals surface area contributed by atoms with Gasteiger partial charge in [0.15, 0.2) is 17.0 Å². The van der Waals surface area contributed by atoms with Gasteiger partial charge in [-0.2, -0.15) is 0 Å². The van der Waals surface area contributed by atoms with Crippen molar-refractivity contribution in [2.75, 3.05) is 21.3 Å². The van der Waals surface area contributed by atoms with Gasteiger partial charge in [0.25, 0.3) is 0 Å². The number of ether oxygens (including phenoxy) is 4. The van der Waals surface area contributed by atoms with Crippen molar-refractivity contribution >= 4 is 21.9 Å². The van der Waals surface area contributed by atoms with Crippen LogP contribution in [0.2, 0.25) is 0 Å². The van der Waals surface area contributed by atoms with Gasteiger partial charge in [-0.05, 0) is 61.1 Å². The maximum absolute atomic E-state index is 14.0. The monoisotopic (exact) mass is 594 g/mol. The molecule has 0 saturated carbocycles. The molecular weight excluding hydrogens is 556 g/mol. The van der Waals surface area contributed by atoms with Gasteiger partial charge in [0.05, 0.1) is 32.3 Å². The fourth-order valence-electron chi connectivity index (χ4n) is 5.18. The number of aryl methyl sites for hydroxylation is 2. The summed E-state index contributed by atoms with van der Waals surface area (Å²) in [6.07, 6.45) is 0.450. The summed E-state index contributed by atoms with van der Waals surface area (Å²) in [6, 6.07) is 17.0. The maximum atomic E-state index is 14.0. The van der Waals surface area contributed by atoms with Gasteiger partial charge in [0.1, 0.15) is 0 Å². The second-order valence-corrected chi connectivity index (χ2v) is 12.6. The Morgan fingerprint density at radius 3 is 2.14 bits per heavy atom. The van der Waals surface area contributed by atoms with Crippen molar-refractivity contribution in [3.8, 4) is 17.2 Å². The Labute approximate surface area is 247 Å². The smallest absolute Gasteiger partial charge is 0.342 e. The molecule has 0 saturated heterocycles. The Hall–Kier alpha value is -3.89. The lowest BCUT2D eigenvalue weighted by atomic mass is 9.81. The Balaban J connectivity index is 1.90. The number of esters is 1. The van der Waals surface area contributed by atoms with E-state index >= 15 is 0 Å². The third-order valence-electron chi connectivity index (χ3n) is 7.29. The average Bonchev–Trinajstić information content (AvgIpc) is 3.29. The zero-order valence-electron chi connectivity index (χ0n) is 25.1. The van der Waals surface area contributed by atoms with Crippen LogP contribution in [-0.2, 0) is 26.0 Å². The van der Waals surface area contributed by atoms with Crippen LogP contribution in [0.3, 0.4) is 0 Å². The van der Waals surface area contributed by atoms with Crippen LogP contribution in [-0.4, -0.2) is 53.2 Å². The van der Waals surface area contributed by atoms with E-state index in [4.69, 9.17) is 23.9 Å². The lowest BCUT2D eigenvalue weighted by Gasteiger charge is -2.33. The number of cyclic esters (lactones) is 1. The molecule has 42 heavy (non-hydrogen) atoms. The molecule has 10 heteroatoms. The van der Waals surface area contributed by atoms with Crippen LogP contribution in [0.5, 0.6) is 17.2 Å². The first-order valence-corrected chi connectivity index (χ1v) is 15.2. The number of aliphatic imine (C=N–C) groups is 1. The molecular formula is C32H38N2O7S. The van der Waals surface area contributed by atoms with E-state index in [1.54, 1.807) is 31.2 Å². The molecule has 0 amide bonds. The summed E-state index contributed by atoms with van der Waals surface area (Å²) in [5.74, 6) is 0.515. The zero-order valence-corrected chi connectivity index (χ0v) is 25.9. The van der Waals surface area contributed by atoms with Crippen LogP contribution >= 0.6 is 0 Å². The Bertz CT molecular complexity index is 1560. The highest BCUT2D eigenvalue weighted by Crippen LogP contribution is 2.41. The van der Waals surface area contributed by atoms with Crippen molar-refractivity contribution in [1.82, 2.24) is 4.72 Å². The van der Waals surface area contributed by atoms with Gasteiger partial charge < -0.3 is 18.9 Å². The quantitative estimate of drug-likeness (QED) is 0.294. The van der Waals surface area contributed by atoms with Crippen molar-refractivity contribution in [2.24, 2.45) is 10.9 Å². The Kier molecular flexibility index (Phi) is 9.27. The Morgan fingerprint density at radius 2 is 1.57 bits per heavy atom. The number of hydrogen-bond donors (Lipinski definition) is 1. The van der Waals surface area contributed by atoms with Crippen molar-refractivity contribution in [3.05, 3.63) is 82.9 Å². The first-order valence-electron chi connectivity index (χ1n) is 13.7. The Morgan fingerprint density at radius 1 is 0.929 bits per heavy atom. The van der Waals surface area contributed by atoms with Gasteiger partial charge in [0.2, 0.25) is 21.7 Å². The molecule has 1 N–H and O–H groups in total. The number of carbonyl (C=O) groups is 1. The van der Waals surface area contributed by atoms with Gasteiger partial charge in [0, 0.05) is 12.0 Å². The lowest BCUT2D eigenvalue weighted by molar-refractivity contribution is -0.140. The molecule has 3 aromatic carbocycles. The van der Waals surface area contributed by atoms with E-state index in [1.807, 2.05) is 57.2 Å². The highest BCUT2D eigenvalue weighted by atomic mass is 32.2. The number of hydrogen-bond acceptors (Lipinski definition) is 8. The number of sulfonamides is 1. The lowest BCUT2D eigenvalue weighted by Crippen LogP contribution is -2.56. The fourth-order valence-corrected chi connectivity index (χ4v) is 6.80. The number of rotatable bonds is 12. The number of methoxy groups -OCH3 is 3. The number of carbonyl (C=O) groups excluding carboxylic acids is 1. The largest absolute Gasteiger partial charge is 0.493 e. The summed E-state index contributed by atoms with van der Waals surface area (Å²) >= 11 is 0. The molecule has 0 fully saturated rings. The summed E-state index contributed by atoms with van der Waals surface area (Å²) in [7, 11) is 0.431. The standard InChI is InChI=1S/C32H38N2O7S/c1-20(2)15-28(34-42(36,37)27-16-21(3)13-14-22(27)4)32(19-23-11-9-8-10-12-23)31(35)41-30(33-32)24-17-25(38-5)29(40-7)26(18-24)39-6/h8-14,16-18,20,28,34H,15,19H2,1-7H3. The van der Waals surface area contributed by atoms with Gasteiger partial charge >= 0.3 is 5.97 Å². The first-order chi connectivity index (χ1) is 19.9. The van der Waals surface area contributed by atoms with Gasteiger partial charge in [-0.25, -0.2) is 22.9 Å². The predicted octanol–water partition coefficient (Wildman–Crippen LogP) is 5.01. The van der Waals surface area contributed by atoms with E-state index in [9.17, 15) is 13.2 Å². The van der Waals surface area contributed by atoms with E-state index in [0.717, 1.165) is 11.1 Å². The molecule has 0 aliphatic carbocycles. The summed E-state index contributed by atoms with van der Waals surface area (Å²) in [4.78, 5) is 19.1. The molecule has 1 aliphatic rings.